The Hall–Kier alpha value is -1.27. The van der Waals surface area contributed by atoms with E-state index in [1.165, 1.54) is 12.1 Å². The summed E-state index contributed by atoms with van der Waals surface area (Å²) in [6, 6.07) is 13.3. The van der Waals surface area contributed by atoms with E-state index in [9.17, 15) is 8.42 Å². The lowest BCUT2D eigenvalue weighted by atomic mass is 10.3. The van der Waals surface area contributed by atoms with Crippen LogP contribution in [0.2, 0.25) is 10.0 Å². The minimum Gasteiger partial charge on any atom is -0.290 e. The molecule has 1 aliphatic rings. The number of nitrogens with one attached hydrogen (secondary N) is 1. The van der Waals surface area contributed by atoms with Gasteiger partial charge < -0.3 is 0 Å². The van der Waals surface area contributed by atoms with Gasteiger partial charge in [0.15, 0.2) is 5.37 Å². The number of nitrogens with zero attached hydrogens (tertiary/aromatic N) is 1. The summed E-state index contributed by atoms with van der Waals surface area (Å²) < 4.78 is 25.7. The molecule has 0 aromatic heterocycles. The average Bonchev–Trinajstić information content (AvgIpc) is 2.99. The van der Waals surface area contributed by atoms with Crippen LogP contribution in [0.4, 0.5) is 5.69 Å². The molecule has 1 heterocycles. The van der Waals surface area contributed by atoms with Gasteiger partial charge in [-0.05, 0) is 55.0 Å². The minimum absolute atomic E-state index is 0.268. The van der Waals surface area contributed by atoms with Gasteiger partial charge in [0.25, 0.3) is 0 Å². The molecule has 1 unspecified atom stereocenters. The number of halogens is 2. The maximum Gasteiger partial charge on any atom is 0.200 e. The van der Waals surface area contributed by atoms with Crippen molar-refractivity contribution in [3.63, 3.8) is 0 Å². The molecule has 1 N–H and O–H groups in total. The lowest BCUT2D eigenvalue weighted by Crippen LogP contribution is -2.41. The Morgan fingerprint density at radius 2 is 1.50 bits per heavy atom. The van der Waals surface area contributed by atoms with Gasteiger partial charge in [-0.2, -0.15) is 0 Å². The van der Waals surface area contributed by atoms with Crippen LogP contribution in [0.5, 0.6) is 0 Å². The van der Waals surface area contributed by atoms with E-state index in [2.05, 4.69) is 5.43 Å². The van der Waals surface area contributed by atoms with E-state index >= 15 is 0 Å². The molecule has 4 nitrogen and oxygen atoms in total. The van der Waals surface area contributed by atoms with Crippen molar-refractivity contribution in [2.24, 2.45) is 0 Å². The molecule has 0 radical (unpaired) electrons. The first kappa shape index (κ1) is 15.6. The van der Waals surface area contributed by atoms with Crippen molar-refractivity contribution in [2.45, 2.75) is 16.7 Å². The fourth-order valence-electron chi connectivity index (χ4n) is 2.47. The molecule has 1 saturated heterocycles. The van der Waals surface area contributed by atoms with Gasteiger partial charge in [0.05, 0.1) is 10.6 Å². The highest BCUT2D eigenvalue weighted by atomic mass is 35.5. The Balaban J connectivity index is 1.95. The molecule has 0 bridgehead atoms. The van der Waals surface area contributed by atoms with Crippen LogP contribution >= 0.6 is 23.2 Å². The van der Waals surface area contributed by atoms with Crippen LogP contribution in [0.15, 0.2) is 53.4 Å². The van der Waals surface area contributed by atoms with Crippen LogP contribution in [0.25, 0.3) is 0 Å². The second-order valence-corrected chi connectivity index (χ2v) is 7.98. The van der Waals surface area contributed by atoms with Crippen LogP contribution in [-0.2, 0) is 9.84 Å². The molecule has 22 heavy (non-hydrogen) atoms. The van der Waals surface area contributed by atoms with Crippen LogP contribution in [0, 0.1) is 0 Å². The number of hydrogen-bond donors (Lipinski definition) is 1. The lowest BCUT2D eigenvalue weighted by Gasteiger charge is -2.26. The van der Waals surface area contributed by atoms with Crippen molar-refractivity contribution in [1.29, 1.82) is 0 Å². The average molecular weight is 357 g/mol. The number of hydrogen-bond acceptors (Lipinski definition) is 4. The monoisotopic (exact) mass is 356 g/mol. The van der Waals surface area contributed by atoms with E-state index in [1.807, 2.05) is 0 Å². The van der Waals surface area contributed by atoms with Gasteiger partial charge in [-0.3, -0.25) is 5.01 Å². The zero-order valence-electron chi connectivity index (χ0n) is 11.5. The maximum absolute atomic E-state index is 12.8. The highest BCUT2D eigenvalue weighted by Crippen LogP contribution is 2.29. The molecule has 0 aliphatic carbocycles. The van der Waals surface area contributed by atoms with Crippen molar-refractivity contribution in [1.82, 2.24) is 5.43 Å². The zero-order chi connectivity index (χ0) is 15.7. The number of benzene rings is 2. The first-order valence-electron chi connectivity index (χ1n) is 6.76. The van der Waals surface area contributed by atoms with Crippen molar-refractivity contribution in [3.8, 4) is 0 Å². The molecule has 0 spiro atoms. The van der Waals surface area contributed by atoms with Gasteiger partial charge in [-0.1, -0.05) is 23.2 Å². The highest BCUT2D eigenvalue weighted by Gasteiger charge is 2.36. The summed E-state index contributed by atoms with van der Waals surface area (Å²) in [7, 11) is -3.49. The first-order chi connectivity index (χ1) is 10.5. The maximum atomic E-state index is 12.8. The first-order valence-corrected chi connectivity index (χ1v) is 9.06. The van der Waals surface area contributed by atoms with Gasteiger partial charge in [0.2, 0.25) is 9.84 Å². The number of anilines is 1. The van der Waals surface area contributed by atoms with Gasteiger partial charge >= 0.3 is 0 Å². The molecule has 2 aromatic carbocycles. The van der Waals surface area contributed by atoms with Gasteiger partial charge in [-0.25, -0.2) is 13.8 Å². The second kappa shape index (κ2) is 6.08. The summed E-state index contributed by atoms with van der Waals surface area (Å²) in [4.78, 5) is 0.268. The van der Waals surface area contributed by atoms with Gasteiger partial charge in [0.1, 0.15) is 0 Å². The summed E-state index contributed by atoms with van der Waals surface area (Å²) >= 11 is 11.7. The Labute approximate surface area is 139 Å². The molecule has 1 atom stereocenters. The highest BCUT2D eigenvalue weighted by molar-refractivity contribution is 7.92. The summed E-state index contributed by atoms with van der Waals surface area (Å²) in [6.07, 6.45) is 0.508. The fourth-order valence-corrected chi connectivity index (χ4v) is 4.46. The van der Waals surface area contributed by atoms with Crippen LogP contribution in [-0.4, -0.2) is 20.3 Å². The Kier molecular flexibility index (Phi) is 4.32. The van der Waals surface area contributed by atoms with E-state index < -0.39 is 15.2 Å². The molecular formula is C15H14Cl2N2O2S. The lowest BCUT2D eigenvalue weighted by molar-refractivity contribution is 0.578. The summed E-state index contributed by atoms with van der Waals surface area (Å²) in [6.45, 7) is 0.597. The van der Waals surface area contributed by atoms with E-state index in [4.69, 9.17) is 23.2 Å². The topological polar surface area (TPSA) is 49.4 Å². The third kappa shape index (κ3) is 2.94. The summed E-state index contributed by atoms with van der Waals surface area (Å²) in [5, 5.41) is 2.15. The van der Waals surface area contributed by atoms with Gasteiger partial charge in [-0.15, -0.1) is 0 Å². The smallest absolute Gasteiger partial charge is 0.200 e. The Bertz CT molecular complexity index is 761. The molecule has 2 aromatic rings. The second-order valence-electron chi connectivity index (χ2n) is 5.00. The Morgan fingerprint density at radius 3 is 2.09 bits per heavy atom. The Morgan fingerprint density at radius 1 is 0.955 bits per heavy atom. The molecule has 7 heteroatoms. The van der Waals surface area contributed by atoms with Crippen LogP contribution in [0.1, 0.15) is 6.42 Å². The van der Waals surface area contributed by atoms with Crippen molar-refractivity contribution >= 4 is 38.7 Å². The van der Waals surface area contributed by atoms with E-state index in [0.29, 0.717) is 23.0 Å². The third-order valence-corrected chi connectivity index (χ3v) is 6.16. The number of hydrazine groups is 1. The van der Waals surface area contributed by atoms with E-state index in [-0.39, 0.29) is 4.90 Å². The normalized spacial score (nSPS) is 18.6. The molecule has 1 fully saturated rings. The van der Waals surface area contributed by atoms with E-state index in [1.54, 1.807) is 41.4 Å². The molecule has 116 valence electrons. The number of rotatable bonds is 3. The predicted molar refractivity (Wildman–Crippen MR) is 89.0 cm³/mol. The van der Waals surface area contributed by atoms with Crippen LogP contribution in [0.3, 0.4) is 0 Å². The molecular weight excluding hydrogens is 343 g/mol. The van der Waals surface area contributed by atoms with Crippen molar-refractivity contribution in [3.05, 3.63) is 58.6 Å². The minimum atomic E-state index is -3.49. The van der Waals surface area contributed by atoms with Crippen molar-refractivity contribution in [2.75, 3.05) is 11.6 Å². The van der Waals surface area contributed by atoms with Crippen LogP contribution < -0.4 is 10.4 Å². The predicted octanol–water partition coefficient (Wildman–Crippen LogP) is 3.51. The molecule has 1 aliphatic heterocycles. The summed E-state index contributed by atoms with van der Waals surface area (Å²) in [5.74, 6) is 0. The summed E-state index contributed by atoms with van der Waals surface area (Å²) in [5.41, 5.74) is 3.88. The number of sulfone groups is 1. The third-order valence-electron chi connectivity index (χ3n) is 3.57. The standard InChI is InChI=1S/C15H14Cl2N2O2S/c16-11-1-5-13(6-2-11)19-15(9-10-18-19)22(20,21)14-7-3-12(17)4-8-14/h1-8,15,18H,9-10H2. The molecule has 0 saturated carbocycles. The SMILES string of the molecule is O=S(=O)(c1ccc(Cl)cc1)C1CCNN1c1ccc(Cl)cc1. The largest absolute Gasteiger partial charge is 0.290 e. The van der Waals surface area contributed by atoms with Crippen molar-refractivity contribution < 1.29 is 8.42 Å². The quantitative estimate of drug-likeness (QED) is 0.913. The zero-order valence-corrected chi connectivity index (χ0v) is 13.9. The molecule has 0 amide bonds. The molecule has 3 rings (SSSR count). The van der Waals surface area contributed by atoms with E-state index in [0.717, 1.165) is 5.69 Å². The van der Waals surface area contributed by atoms with Gasteiger partial charge in [0, 0.05) is 16.6 Å². The fraction of sp³-hybridized carbons (Fsp3) is 0.200.